The average molecular weight is 617 g/mol. The Morgan fingerprint density at radius 1 is 0.571 bits per heavy atom. The average Bonchev–Trinajstić information content (AvgIpc) is 3.41. The number of Topliss-reactive ketones (excluding diaryl/α,β-unsaturated/α-hetero) is 2. The van der Waals surface area contributed by atoms with Crippen molar-refractivity contribution < 1.29 is 28.9 Å². The standard InChI is InChI=1S/C32H44N2O6S2/c1-9-11-13-15-17-25(33-39-23(7)35)27(37)29-19(3)21(5)31(41-29)32-22(6)20(4)30(42-32)28(38)26(34-40-24(8)36)18-16-14-12-10-2/h9-18H2,1-8H3/b33-25+,34-26+. The maximum Gasteiger partial charge on any atom is 0.331 e. The van der Waals surface area contributed by atoms with Crippen LogP contribution in [0, 0.1) is 27.7 Å². The van der Waals surface area contributed by atoms with E-state index in [1.54, 1.807) is 0 Å². The second-order valence-electron chi connectivity index (χ2n) is 10.5. The number of carbonyl (C=O) groups excluding carboxylic acids is 4. The molecule has 0 amide bonds. The molecule has 10 heteroatoms. The summed E-state index contributed by atoms with van der Waals surface area (Å²) in [5.41, 5.74) is 4.07. The Kier molecular flexibility index (Phi) is 14.4. The number of thiophene rings is 2. The molecule has 0 aliphatic rings. The largest absolute Gasteiger partial charge is 0.331 e. The Hall–Kier alpha value is -2.98. The second kappa shape index (κ2) is 17.2. The molecular formula is C32H44N2O6S2. The first-order chi connectivity index (χ1) is 19.9. The molecule has 0 bridgehead atoms. The van der Waals surface area contributed by atoms with Gasteiger partial charge in [0.1, 0.15) is 11.4 Å². The lowest BCUT2D eigenvalue weighted by Gasteiger charge is -2.05. The van der Waals surface area contributed by atoms with Crippen LogP contribution in [0.4, 0.5) is 0 Å². The lowest BCUT2D eigenvalue weighted by Crippen LogP contribution is -2.15. The van der Waals surface area contributed by atoms with Crippen molar-refractivity contribution in [2.75, 3.05) is 0 Å². The Morgan fingerprint density at radius 3 is 1.24 bits per heavy atom. The van der Waals surface area contributed by atoms with Crippen molar-refractivity contribution in [1.29, 1.82) is 0 Å². The van der Waals surface area contributed by atoms with Gasteiger partial charge in [-0.05, 0) is 75.6 Å². The van der Waals surface area contributed by atoms with Crippen LogP contribution in [-0.4, -0.2) is 34.9 Å². The van der Waals surface area contributed by atoms with Crippen LogP contribution >= 0.6 is 22.7 Å². The summed E-state index contributed by atoms with van der Waals surface area (Å²) in [5, 5.41) is 7.85. The molecule has 0 aliphatic heterocycles. The van der Waals surface area contributed by atoms with Crippen LogP contribution in [0.1, 0.15) is 134 Å². The predicted molar refractivity (Wildman–Crippen MR) is 171 cm³/mol. The van der Waals surface area contributed by atoms with Crippen LogP contribution < -0.4 is 0 Å². The van der Waals surface area contributed by atoms with Crippen molar-refractivity contribution in [2.24, 2.45) is 10.3 Å². The summed E-state index contributed by atoms with van der Waals surface area (Å²) in [6, 6.07) is 0. The molecule has 0 radical (unpaired) electrons. The number of hydrogen-bond acceptors (Lipinski definition) is 10. The topological polar surface area (TPSA) is 111 Å². The Bertz CT molecular complexity index is 1250. The van der Waals surface area contributed by atoms with E-state index in [2.05, 4.69) is 24.2 Å². The van der Waals surface area contributed by atoms with Crippen molar-refractivity contribution in [3.8, 4) is 9.75 Å². The third-order valence-corrected chi connectivity index (χ3v) is 10.1. The van der Waals surface area contributed by atoms with Gasteiger partial charge in [0.25, 0.3) is 0 Å². The van der Waals surface area contributed by atoms with E-state index in [0.29, 0.717) is 22.6 Å². The highest BCUT2D eigenvalue weighted by molar-refractivity contribution is 7.25. The molecule has 42 heavy (non-hydrogen) atoms. The summed E-state index contributed by atoms with van der Waals surface area (Å²) in [7, 11) is 0. The van der Waals surface area contributed by atoms with Gasteiger partial charge in [-0.3, -0.25) is 9.59 Å². The van der Waals surface area contributed by atoms with E-state index in [-0.39, 0.29) is 23.0 Å². The summed E-state index contributed by atoms with van der Waals surface area (Å²) < 4.78 is 0. The van der Waals surface area contributed by atoms with Gasteiger partial charge in [-0.1, -0.05) is 62.7 Å². The molecule has 0 fully saturated rings. The summed E-state index contributed by atoms with van der Waals surface area (Å²) in [6.07, 6.45) is 8.58. The first-order valence-electron chi connectivity index (χ1n) is 14.7. The Balaban J connectivity index is 2.47. The van der Waals surface area contributed by atoms with Crippen molar-refractivity contribution in [2.45, 2.75) is 120 Å². The van der Waals surface area contributed by atoms with Crippen molar-refractivity contribution in [3.05, 3.63) is 32.0 Å². The summed E-state index contributed by atoms with van der Waals surface area (Å²) in [4.78, 5) is 62.9. The summed E-state index contributed by atoms with van der Waals surface area (Å²) >= 11 is 2.74. The minimum Gasteiger partial charge on any atom is -0.318 e. The molecule has 0 unspecified atom stereocenters. The third-order valence-electron chi connectivity index (χ3n) is 7.14. The van der Waals surface area contributed by atoms with Gasteiger partial charge >= 0.3 is 11.9 Å². The van der Waals surface area contributed by atoms with E-state index in [1.807, 2.05) is 27.7 Å². The Morgan fingerprint density at radius 2 is 0.929 bits per heavy atom. The van der Waals surface area contributed by atoms with Gasteiger partial charge in [-0.2, -0.15) is 0 Å². The van der Waals surface area contributed by atoms with Crippen LogP contribution in [0.5, 0.6) is 0 Å². The van der Waals surface area contributed by atoms with Gasteiger partial charge in [0, 0.05) is 23.6 Å². The number of rotatable bonds is 17. The van der Waals surface area contributed by atoms with E-state index in [1.165, 1.54) is 36.5 Å². The quantitative estimate of drug-likeness (QED) is 0.0577. The molecule has 8 nitrogen and oxygen atoms in total. The van der Waals surface area contributed by atoms with Crippen molar-refractivity contribution >= 4 is 57.6 Å². The lowest BCUT2D eigenvalue weighted by atomic mass is 10.0. The van der Waals surface area contributed by atoms with Gasteiger partial charge in [0.15, 0.2) is 0 Å². The van der Waals surface area contributed by atoms with E-state index < -0.39 is 11.9 Å². The van der Waals surface area contributed by atoms with Crippen LogP contribution in [0.3, 0.4) is 0 Å². The van der Waals surface area contributed by atoms with Gasteiger partial charge in [-0.15, -0.1) is 22.7 Å². The monoisotopic (exact) mass is 616 g/mol. The van der Waals surface area contributed by atoms with Crippen molar-refractivity contribution in [1.82, 2.24) is 0 Å². The normalized spacial score (nSPS) is 12.0. The number of oxime groups is 2. The molecule has 0 N–H and O–H groups in total. The van der Waals surface area contributed by atoms with Crippen LogP contribution in [0.25, 0.3) is 9.75 Å². The fourth-order valence-electron chi connectivity index (χ4n) is 4.40. The maximum atomic E-state index is 13.6. The number of nitrogens with zero attached hydrogens (tertiary/aromatic N) is 2. The molecule has 0 saturated heterocycles. The molecule has 2 aromatic heterocycles. The van der Waals surface area contributed by atoms with E-state index in [9.17, 15) is 19.2 Å². The molecule has 2 rings (SSSR count). The molecular weight excluding hydrogens is 572 g/mol. The highest BCUT2D eigenvalue weighted by Gasteiger charge is 2.28. The molecule has 2 aromatic rings. The van der Waals surface area contributed by atoms with E-state index in [0.717, 1.165) is 83.4 Å². The van der Waals surface area contributed by atoms with Crippen LogP contribution in [0.2, 0.25) is 0 Å². The minimum absolute atomic E-state index is 0.238. The number of carbonyl (C=O) groups is 4. The first-order valence-corrected chi connectivity index (χ1v) is 16.4. The molecule has 0 aliphatic carbocycles. The smallest absolute Gasteiger partial charge is 0.318 e. The van der Waals surface area contributed by atoms with Crippen LogP contribution in [-0.2, 0) is 19.3 Å². The van der Waals surface area contributed by atoms with Gasteiger partial charge in [0.2, 0.25) is 11.6 Å². The minimum atomic E-state index is -0.572. The van der Waals surface area contributed by atoms with Gasteiger partial charge in [-0.25, -0.2) is 9.59 Å². The highest BCUT2D eigenvalue weighted by Crippen LogP contribution is 2.44. The van der Waals surface area contributed by atoms with Crippen LogP contribution in [0.15, 0.2) is 10.3 Å². The Labute approximate surface area is 257 Å². The zero-order valence-electron chi connectivity index (χ0n) is 26.2. The molecule has 0 spiro atoms. The summed E-state index contributed by atoms with van der Waals surface area (Å²) in [5.74, 6) is -1.63. The predicted octanol–water partition coefficient (Wildman–Crippen LogP) is 8.85. The van der Waals surface area contributed by atoms with Crippen molar-refractivity contribution in [3.63, 3.8) is 0 Å². The second-order valence-corrected chi connectivity index (χ2v) is 12.6. The SMILES string of the molecule is CCCCCC/C(=N\OC(C)=O)C(=O)c1sc(-c2sc(C(=O)/C(CCCCCC)=N/OC(C)=O)c(C)c2C)c(C)c1C. The first kappa shape index (κ1) is 35.2. The molecule has 0 atom stereocenters. The zero-order chi connectivity index (χ0) is 31.4. The number of unbranched alkanes of at least 4 members (excludes halogenated alkanes) is 6. The molecule has 0 saturated carbocycles. The number of hydrogen-bond donors (Lipinski definition) is 0. The van der Waals surface area contributed by atoms with Gasteiger partial charge < -0.3 is 9.68 Å². The maximum absolute atomic E-state index is 13.6. The number of ketones is 2. The fourth-order valence-corrected chi connectivity index (χ4v) is 7.19. The lowest BCUT2D eigenvalue weighted by molar-refractivity contribution is -0.141. The molecule has 230 valence electrons. The zero-order valence-corrected chi connectivity index (χ0v) is 27.9. The van der Waals surface area contributed by atoms with Gasteiger partial charge in [0.05, 0.1) is 9.75 Å². The van der Waals surface area contributed by atoms with E-state index in [4.69, 9.17) is 9.68 Å². The van der Waals surface area contributed by atoms with E-state index >= 15 is 0 Å². The third kappa shape index (κ3) is 9.52. The summed E-state index contributed by atoms with van der Waals surface area (Å²) in [6.45, 7) is 14.5. The fraction of sp³-hybridized carbons (Fsp3) is 0.562. The highest BCUT2D eigenvalue weighted by atomic mass is 32.1. The molecule has 0 aromatic carbocycles. The molecule has 2 heterocycles.